The molecule has 0 radical (unpaired) electrons. The van der Waals surface area contributed by atoms with E-state index in [9.17, 15) is 9.59 Å². The molecule has 2 aromatic carbocycles. The van der Waals surface area contributed by atoms with E-state index < -0.39 is 5.63 Å². The molecule has 7 heteroatoms. The molecule has 0 aliphatic heterocycles. The number of H-pyrrole nitrogens is 1. The highest BCUT2D eigenvalue weighted by Crippen LogP contribution is 2.25. The van der Waals surface area contributed by atoms with Crippen LogP contribution >= 0.6 is 0 Å². The normalized spacial score (nSPS) is 13.3. The number of hydrogen-bond donors (Lipinski definition) is 2. The average molecular weight is 419 g/mol. The number of fused-ring (bicyclic) bond motifs is 2. The van der Waals surface area contributed by atoms with E-state index in [-0.39, 0.29) is 24.5 Å². The fourth-order valence-electron chi connectivity index (χ4n) is 3.59. The van der Waals surface area contributed by atoms with Gasteiger partial charge in [0.2, 0.25) is 0 Å². The molecule has 4 aromatic rings. The van der Waals surface area contributed by atoms with E-state index in [2.05, 4.69) is 29.1 Å². The largest absolute Gasteiger partial charge is 0.484 e. The number of amides is 1. The number of aromatic nitrogens is 2. The van der Waals surface area contributed by atoms with Crippen molar-refractivity contribution < 1.29 is 13.9 Å². The molecule has 4 rings (SSSR count). The molecule has 0 fully saturated rings. The first-order valence-corrected chi connectivity index (χ1v) is 10.4. The monoisotopic (exact) mass is 419 g/mol. The minimum Gasteiger partial charge on any atom is -0.484 e. The van der Waals surface area contributed by atoms with E-state index in [1.807, 2.05) is 37.3 Å². The van der Waals surface area contributed by atoms with Crippen LogP contribution in [0, 0.1) is 12.8 Å². The number of aryl methyl sites for hydroxylation is 1. The summed E-state index contributed by atoms with van der Waals surface area (Å²) in [4.78, 5) is 32.2. The van der Waals surface area contributed by atoms with Crippen LogP contribution in [0.1, 0.15) is 37.7 Å². The maximum absolute atomic E-state index is 12.7. The van der Waals surface area contributed by atoms with Crippen LogP contribution in [0.4, 0.5) is 0 Å². The Bertz CT molecular complexity index is 1260. The van der Waals surface area contributed by atoms with Crippen LogP contribution in [0.2, 0.25) is 0 Å². The second-order valence-electron chi connectivity index (χ2n) is 7.76. The van der Waals surface area contributed by atoms with Gasteiger partial charge < -0.3 is 19.5 Å². The van der Waals surface area contributed by atoms with Gasteiger partial charge in [0.25, 0.3) is 5.91 Å². The zero-order chi connectivity index (χ0) is 22.0. The van der Waals surface area contributed by atoms with Gasteiger partial charge in [0.05, 0.1) is 17.1 Å². The molecule has 2 atom stereocenters. The van der Waals surface area contributed by atoms with Gasteiger partial charge in [0.15, 0.2) is 6.61 Å². The molecular weight excluding hydrogens is 394 g/mol. The lowest BCUT2D eigenvalue weighted by atomic mass is 9.98. The Labute approximate surface area is 179 Å². The summed E-state index contributed by atoms with van der Waals surface area (Å²) in [5, 5.41) is 3.87. The van der Waals surface area contributed by atoms with Gasteiger partial charge in [-0.25, -0.2) is 9.78 Å². The van der Waals surface area contributed by atoms with Crippen molar-refractivity contribution in [1.82, 2.24) is 15.3 Å². The van der Waals surface area contributed by atoms with Crippen molar-refractivity contribution in [1.29, 1.82) is 0 Å². The summed E-state index contributed by atoms with van der Waals surface area (Å²) in [5.74, 6) is 1.12. The maximum Gasteiger partial charge on any atom is 0.336 e. The lowest BCUT2D eigenvalue weighted by Crippen LogP contribution is -2.36. The molecule has 0 saturated carbocycles. The fraction of sp³-hybridized carbons (Fsp3) is 0.292. The van der Waals surface area contributed by atoms with E-state index in [0.29, 0.717) is 11.3 Å². The number of imidazole rings is 1. The minimum atomic E-state index is -0.415. The molecule has 160 valence electrons. The topological polar surface area (TPSA) is 97.2 Å². The third kappa shape index (κ3) is 4.45. The van der Waals surface area contributed by atoms with Gasteiger partial charge in [-0.3, -0.25) is 4.79 Å². The summed E-state index contributed by atoms with van der Waals surface area (Å²) < 4.78 is 10.9. The molecule has 0 aliphatic rings. The number of benzene rings is 2. The summed E-state index contributed by atoms with van der Waals surface area (Å²) in [5.41, 5.74) is 2.65. The standard InChI is InChI=1S/C24H25N3O4/c1-4-14(2)23(24-25-18-7-5-6-8-19(18)26-24)27-21(28)13-30-16-9-10-17-15(3)11-22(29)31-20(17)12-16/h5-12,14,23H,4,13H2,1-3H3,(H,25,26)(H,27,28)/t14-,23-/m1/s1. The second-order valence-corrected chi connectivity index (χ2v) is 7.76. The zero-order valence-electron chi connectivity index (χ0n) is 17.8. The zero-order valence-corrected chi connectivity index (χ0v) is 17.8. The van der Waals surface area contributed by atoms with Crippen molar-refractivity contribution in [3.63, 3.8) is 0 Å². The highest BCUT2D eigenvalue weighted by atomic mass is 16.5. The van der Waals surface area contributed by atoms with Gasteiger partial charge in [0, 0.05) is 17.5 Å². The third-order valence-corrected chi connectivity index (χ3v) is 5.52. The molecule has 1 amide bonds. The van der Waals surface area contributed by atoms with Gasteiger partial charge in [-0.05, 0) is 42.7 Å². The van der Waals surface area contributed by atoms with E-state index in [1.54, 1.807) is 12.1 Å². The number of carbonyl (C=O) groups is 1. The van der Waals surface area contributed by atoms with E-state index in [4.69, 9.17) is 9.15 Å². The lowest BCUT2D eigenvalue weighted by molar-refractivity contribution is -0.124. The minimum absolute atomic E-state index is 0.158. The number of nitrogens with one attached hydrogen (secondary N) is 2. The number of para-hydroxylation sites is 2. The van der Waals surface area contributed by atoms with Gasteiger partial charge in [-0.1, -0.05) is 32.4 Å². The average Bonchev–Trinajstić information content (AvgIpc) is 3.19. The first-order valence-electron chi connectivity index (χ1n) is 10.4. The second kappa shape index (κ2) is 8.63. The smallest absolute Gasteiger partial charge is 0.336 e. The number of carbonyl (C=O) groups excluding carboxylic acids is 1. The number of aromatic amines is 1. The maximum atomic E-state index is 12.7. The van der Waals surface area contributed by atoms with Crippen LogP contribution < -0.4 is 15.7 Å². The highest BCUT2D eigenvalue weighted by molar-refractivity contribution is 5.82. The van der Waals surface area contributed by atoms with Crippen LogP contribution in [-0.2, 0) is 4.79 Å². The molecule has 2 heterocycles. The number of ether oxygens (including phenoxy) is 1. The molecule has 2 N–H and O–H groups in total. The third-order valence-electron chi connectivity index (χ3n) is 5.52. The molecule has 0 spiro atoms. The molecule has 0 bridgehead atoms. The molecule has 0 unspecified atom stereocenters. The van der Waals surface area contributed by atoms with Crippen molar-refractivity contribution in [3.05, 3.63) is 70.3 Å². The van der Waals surface area contributed by atoms with Gasteiger partial charge in [-0.2, -0.15) is 0 Å². The first kappa shape index (κ1) is 20.7. The summed E-state index contributed by atoms with van der Waals surface area (Å²) in [6.07, 6.45) is 0.881. The number of rotatable bonds is 7. The SMILES string of the molecule is CC[C@@H](C)[C@@H](NC(=O)COc1ccc2c(C)cc(=O)oc2c1)c1nc2ccccc2[nH]1. The Morgan fingerprint density at radius 1 is 1.23 bits per heavy atom. The van der Waals surface area contributed by atoms with Crippen LogP contribution in [0.5, 0.6) is 5.75 Å². The van der Waals surface area contributed by atoms with Crippen molar-refractivity contribution in [3.8, 4) is 5.75 Å². The van der Waals surface area contributed by atoms with E-state index in [0.717, 1.165) is 34.2 Å². The highest BCUT2D eigenvalue weighted by Gasteiger charge is 2.23. The van der Waals surface area contributed by atoms with Gasteiger partial charge >= 0.3 is 5.63 Å². The number of hydrogen-bond acceptors (Lipinski definition) is 5. The Balaban J connectivity index is 1.48. The Morgan fingerprint density at radius 2 is 2.03 bits per heavy atom. The van der Waals surface area contributed by atoms with Crippen molar-refractivity contribution in [2.24, 2.45) is 5.92 Å². The molecular formula is C24H25N3O4. The van der Waals surface area contributed by atoms with Crippen LogP contribution in [0.3, 0.4) is 0 Å². The van der Waals surface area contributed by atoms with E-state index >= 15 is 0 Å². The summed E-state index contributed by atoms with van der Waals surface area (Å²) in [7, 11) is 0. The quantitative estimate of drug-likeness (QED) is 0.436. The lowest BCUT2D eigenvalue weighted by Gasteiger charge is -2.22. The molecule has 7 nitrogen and oxygen atoms in total. The predicted octanol–water partition coefficient (Wildman–Crippen LogP) is 4.26. The Morgan fingerprint density at radius 3 is 2.81 bits per heavy atom. The van der Waals surface area contributed by atoms with Gasteiger partial charge in [0.1, 0.15) is 17.2 Å². The first-order chi connectivity index (χ1) is 14.9. The summed E-state index contributed by atoms with van der Waals surface area (Å²) in [6, 6.07) is 14.2. The van der Waals surface area contributed by atoms with Crippen molar-refractivity contribution in [2.45, 2.75) is 33.2 Å². The summed E-state index contributed by atoms with van der Waals surface area (Å²) in [6.45, 7) is 5.84. The molecule has 0 saturated heterocycles. The van der Waals surface area contributed by atoms with Crippen molar-refractivity contribution in [2.75, 3.05) is 6.61 Å². The number of nitrogens with zero attached hydrogens (tertiary/aromatic N) is 1. The van der Waals surface area contributed by atoms with Crippen LogP contribution in [0.15, 0.2) is 57.7 Å². The molecule has 0 aliphatic carbocycles. The molecule has 2 aromatic heterocycles. The van der Waals surface area contributed by atoms with E-state index in [1.165, 1.54) is 6.07 Å². The predicted molar refractivity (Wildman–Crippen MR) is 119 cm³/mol. The summed E-state index contributed by atoms with van der Waals surface area (Å²) >= 11 is 0. The Kier molecular flexibility index (Phi) is 5.75. The van der Waals surface area contributed by atoms with Gasteiger partial charge in [-0.15, -0.1) is 0 Å². The molecule has 31 heavy (non-hydrogen) atoms. The van der Waals surface area contributed by atoms with Crippen molar-refractivity contribution >= 4 is 27.9 Å². The fourth-order valence-corrected chi connectivity index (χ4v) is 3.59. The van der Waals surface area contributed by atoms with Crippen LogP contribution in [-0.4, -0.2) is 22.5 Å². The Hall–Kier alpha value is -3.61. The van der Waals surface area contributed by atoms with Crippen LogP contribution in [0.25, 0.3) is 22.0 Å².